The maximum absolute atomic E-state index is 3.54. The molecular weight excluding hydrogens is 122 g/mol. The molecule has 0 aromatic rings. The van der Waals surface area contributed by atoms with Crippen molar-refractivity contribution in [2.45, 2.75) is 52.1 Å². The molecule has 0 aliphatic heterocycles. The van der Waals surface area contributed by atoms with Gasteiger partial charge in [0.25, 0.3) is 0 Å². The van der Waals surface area contributed by atoms with Crippen LogP contribution < -0.4 is 5.32 Å². The molecule has 0 saturated heterocycles. The number of hydrogen-bond acceptors (Lipinski definition) is 1. The average molecular weight is 141 g/mol. The van der Waals surface area contributed by atoms with Crippen LogP contribution >= 0.6 is 0 Å². The molecule has 1 nitrogen and oxygen atoms in total. The van der Waals surface area contributed by atoms with Crippen LogP contribution in [0.25, 0.3) is 0 Å². The number of rotatable bonds is 3. The van der Waals surface area contributed by atoms with Crippen molar-refractivity contribution in [1.29, 1.82) is 0 Å². The van der Waals surface area contributed by atoms with Gasteiger partial charge in [0.05, 0.1) is 0 Å². The molecule has 1 aliphatic carbocycles. The molecule has 0 aromatic carbocycles. The molecule has 1 atom stereocenters. The molecule has 0 heterocycles. The van der Waals surface area contributed by atoms with Gasteiger partial charge in [-0.2, -0.15) is 0 Å². The Hall–Kier alpha value is -0.0400. The first-order chi connectivity index (χ1) is 4.70. The first-order valence-corrected chi connectivity index (χ1v) is 4.46. The second kappa shape index (κ2) is 3.38. The van der Waals surface area contributed by atoms with E-state index in [0.29, 0.717) is 6.04 Å². The van der Waals surface area contributed by atoms with Crippen molar-refractivity contribution in [2.75, 3.05) is 0 Å². The maximum Gasteiger partial charge on any atom is 0.00693 e. The Morgan fingerprint density at radius 2 is 1.80 bits per heavy atom. The average Bonchev–Trinajstić information content (AvgIpc) is 1.55. The molecule has 0 bridgehead atoms. The van der Waals surface area contributed by atoms with Crippen molar-refractivity contribution in [3.63, 3.8) is 0 Å². The fourth-order valence-electron chi connectivity index (χ4n) is 1.60. The second-order valence-corrected chi connectivity index (χ2v) is 3.80. The lowest BCUT2D eigenvalue weighted by molar-refractivity contribution is 0.232. The van der Waals surface area contributed by atoms with Crippen LogP contribution in [0.5, 0.6) is 0 Å². The van der Waals surface area contributed by atoms with E-state index < -0.39 is 0 Å². The first kappa shape index (κ1) is 8.06. The third-order valence-corrected chi connectivity index (χ3v) is 2.45. The summed E-state index contributed by atoms with van der Waals surface area (Å²) in [5.41, 5.74) is 0. The minimum Gasteiger partial charge on any atom is -0.312 e. The topological polar surface area (TPSA) is 12.0 Å². The minimum atomic E-state index is 0.649. The third kappa shape index (κ3) is 1.98. The molecule has 10 heavy (non-hydrogen) atoms. The van der Waals surface area contributed by atoms with E-state index in [1.165, 1.54) is 19.3 Å². The standard InChI is InChI=1S/C9H19N/c1-7(2)10-8(3)9-5-4-6-9/h7-10H,4-6H2,1-3H3/t8-/m1/s1. The zero-order valence-electron chi connectivity index (χ0n) is 7.35. The highest BCUT2D eigenvalue weighted by atomic mass is 14.9. The van der Waals surface area contributed by atoms with Gasteiger partial charge in [-0.25, -0.2) is 0 Å². The molecule has 60 valence electrons. The van der Waals surface area contributed by atoms with E-state index in [0.717, 1.165) is 12.0 Å². The van der Waals surface area contributed by atoms with Crippen LogP contribution in [0.15, 0.2) is 0 Å². The van der Waals surface area contributed by atoms with Gasteiger partial charge in [0.2, 0.25) is 0 Å². The van der Waals surface area contributed by atoms with Gasteiger partial charge in [-0.15, -0.1) is 0 Å². The van der Waals surface area contributed by atoms with Gasteiger partial charge in [0.1, 0.15) is 0 Å². The highest BCUT2D eigenvalue weighted by Gasteiger charge is 2.23. The van der Waals surface area contributed by atoms with Crippen LogP contribution in [0.1, 0.15) is 40.0 Å². The molecule has 0 radical (unpaired) electrons. The van der Waals surface area contributed by atoms with Gasteiger partial charge >= 0.3 is 0 Å². The van der Waals surface area contributed by atoms with E-state index >= 15 is 0 Å². The predicted molar refractivity (Wildman–Crippen MR) is 45.1 cm³/mol. The summed E-state index contributed by atoms with van der Waals surface area (Å²) in [6.07, 6.45) is 4.34. The van der Waals surface area contributed by atoms with E-state index in [-0.39, 0.29) is 0 Å². The Morgan fingerprint density at radius 1 is 1.20 bits per heavy atom. The van der Waals surface area contributed by atoms with Crippen molar-refractivity contribution < 1.29 is 0 Å². The van der Waals surface area contributed by atoms with Crippen molar-refractivity contribution in [3.8, 4) is 0 Å². The monoisotopic (exact) mass is 141 g/mol. The highest BCUT2D eigenvalue weighted by Crippen LogP contribution is 2.29. The largest absolute Gasteiger partial charge is 0.312 e. The summed E-state index contributed by atoms with van der Waals surface area (Å²) in [6.45, 7) is 6.74. The zero-order chi connectivity index (χ0) is 7.56. The van der Waals surface area contributed by atoms with Crippen LogP contribution in [0.4, 0.5) is 0 Å². The molecule has 1 N–H and O–H groups in total. The lowest BCUT2D eigenvalue weighted by Gasteiger charge is -2.33. The molecule has 1 heteroatoms. The molecular formula is C9H19N. The fraction of sp³-hybridized carbons (Fsp3) is 1.00. The van der Waals surface area contributed by atoms with Crippen molar-refractivity contribution in [1.82, 2.24) is 5.32 Å². The van der Waals surface area contributed by atoms with Gasteiger partial charge < -0.3 is 5.32 Å². The van der Waals surface area contributed by atoms with Crippen LogP contribution in [0.3, 0.4) is 0 Å². The summed E-state index contributed by atoms with van der Waals surface area (Å²) < 4.78 is 0. The highest BCUT2D eigenvalue weighted by molar-refractivity contribution is 4.80. The SMILES string of the molecule is CC(C)N[C@H](C)C1CCC1. The van der Waals surface area contributed by atoms with Crippen molar-refractivity contribution in [3.05, 3.63) is 0 Å². The van der Waals surface area contributed by atoms with E-state index in [9.17, 15) is 0 Å². The smallest absolute Gasteiger partial charge is 0.00693 e. The van der Waals surface area contributed by atoms with Crippen molar-refractivity contribution in [2.24, 2.45) is 5.92 Å². The van der Waals surface area contributed by atoms with Crippen LogP contribution in [0, 0.1) is 5.92 Å². The Labute approximate surface area is 64.2 Å². The van der Waals surface area contributed by atoms with Crippen LogP contribution in [0.2, 0.25) is 0 Å². The van der Waals surface area contributed by atoms with Gasteiger partial charge in [-0.3, -0.25) is 0 Å². The molecule has 0 unspecified atom stereocenters. The third-order valence-electron chi connectivity index (χ3n) is 2.45. The summed E-state index contributed by atoms with van der Waals surface area (Å²) in [6, 6.07) is 1.39. The fourth-order valence-corrected chi connectivity index (χ4v) is 1.60. The molecule has 1 aliphatic rings. The molecule has 0 amide bonds. The first-order valence-electron chi connectivity index (χ1n) is 4.46. The molecule has 1 rings (SSSR count). The van der Waals surface area contributed by atoms with E-state index in [1.54, 1.807) is 0 Å². The summed E-state index contributed by atoms with van der Waals surface area (Å²) in [5.74, 6) is 0.974. The van der Waals surface area contributed by atoms with Crippen molar-refractivity contribution >= 4 is 0 Å². The van der Waals surface area contributed by atoms with E-state index in [4.69, 9.17) is 0 Å². The normalized spacial score (nSPS) is 22.8. The maximum atomic E-state index is 3.54. The molecule has 0 aromatic heterocycles. The van der Waals surface area contributed by atoms with E-state index in [2.05, 4.69) is 26.1 Å². The second-order valence-electron chi connectivity index (χ2n) is 3.80. The Bertz CT molecular complexity index is 94.9. The molecule has 1 fully saturated rings. The Balaban J connectivity index is 2.13. The van der Waals surface area contributed by atoms with Crippen LogP contribution in [-0.4, -0.2) is 12.1 Å². The summed E-state index contributed by atoms with van der Waals surface area (Å²) >= 11 is 0. The van der Waals surface area contributed by atoms with E-state index in [1.807, 2.05) is 0 Å². The van der Waals surface area contributed by atoms with Crippen LogP contribution in [-0.2, 0) is 0 Å². The summed E-state index contributed by atoms with van der Waals surface area (Å²) in [5, 5.41) is 3.54. The quantitative estimate of drug-likeness (QED) is 0.635. The lowest BCUT2D eigenvalue weighted by atomic mass is 9.80. The van der Waals surface area contributed by atoms with Gasteiger partial charge in [-0.05, 0) is 25.7 Å². The molecule has 0 spiro atoms. The number of hydrogen-bond donors (Lipinski definition) is 1. The molecule has 1 saturated carbocycles. The zero-order valence-corrected chi connectivity index (χ0v) is 7.35. The predicted octanol–water partition coefficient (Wildman–Crippen LogP) is 2.17. The summed E-state index contributed by atoms with van der Waals surface area (Å²) in [4.78, 5) is 0. The Kier molecular flexibility index (Phi) is 2.72. The van der Waals surface area contributed by atoms with Gasteiger partial charge in [-0.1, -0.05) is 20.3 Å². The lowest BCUT2D eigenvalue weighted by Crippen LogP contribution is -2.40. The minimum absolute atomic E-state index is 0.649. The Morgan fingerprint density at radius 3 is 2.10 bits per heavy atom. The van der Waals surface area contributed by atoms with Gasteiger partial charge in [0, 0.05) is 12.1 Å². The van der Waals surface area contributed by atoms with Gasteiger partial charge in [0.15, 0.2) is 0 Å². The summed E-state index contributed by atoms with van der Waals surface area (Å²) in [7, 11) is 0. The number of nitrogens with one attached hydrogen (secondary N) is 1.